The molecule has 6 nitrogen and oxygen atoms in total. The molecular weight excluding hydrogens is 476 g/mol. The number of nitrogens with one attached hydrogen (secondary N) is 2. The minimum Gasteiger partial charge on any atom is -0.493 e. The van der Waals surface area contributed by atoms with Crippen molar-refractivity contribution in [3.8, 4) is 17.2 Å². The summed E-state index contributed by atoms with van der Waals surface area (Å²) in [6.45, 7) is 6.64. The van der Waals surface area contributed by atoms with Crippen LogP contribution in [0.1, 0.15) is 62.3 Å². The average Bonchev–Trinajstić information content (AvgIpc) is 3.08. The summed E-state index contributed by atoms with van der Waals surface area (Å²) in [5.74, 6) is 1.86. The first-order valence-electron chi connectivity index (χ1n) is 13.0. The Morgan fingerprint density at radius 2 is 1.42 bits per heavy atom. The second-order valence-electron chi connectivity index (χ2n) is 11.0. The number of allylic oxidation sites excluding steroid dienone is 1. The molecular formula is C32H36N2O4. The van der Waals surface area contributed by atoms with Crippen LogP contribution in [0.2, 0.25) is 0 Å². The minimum absolute atomic E-state index is 0.0858. The van der Waals surface area contributed by atoms with Crippen LogP contribution in [0.25, 0.3) is 0 Å². The van der Waals surface area contributed by atoms with E-state index in [0.717, 1.165) is 34.6 Å². The number of benzene rings is 3. The van der Waals surface area contributed by atoms with Gasteiger partial charge in [0.1, 0.15) is 0 Å². The highest BCUT2D eigenvalue weighted by Crippen LogP contribution is 2.47. The van der Waals surface area contributed by atoms with Crippen LogP contribution in [-0.4, -0.2) is 27.1 Å². The Hall–Kier alpha value is -3.93. The minimum atomic E-state index is -0.383. The van der Waals surface area contributed by atoms with E-state index in [1.807, 2.05) is 36.4 Å². The highest BCUT2D eigenvalue weighted by molar-refractivity contribution is 6.01. The molecule has 2 aliphatic rings. The van der Waals surface area contributed by atoms with E-state index in [0.29, 0.717) is 23.7 Å². The summed E-state index contributed by atoms with van der Waals surface area (Å²) < 4.78 is 16.8. The fraction of sp³-hybridized carbons (Fsp3) is 0.344. The van der Waals surface area contributed by atoms with Gasteiger partial charge >= 0.3 is 0 Å². The fourth-order valence-electron chi connectivity index (χ4n) is 5.50. The SMILES string of the molecule is COc1cc(C2Nc3ccccc3NC3=C2C(=O)CC(c2ccc(C(C)(C)C)cc2)C3)cc(OC)c1OC. The second-order valence-corrected chi connectivity index (χ2v) is 11.0. The van der Waals surface area contributed by atoms with Gasteiger partial charge in [-0.1, -0.05) is 57.2 Å². The molecule has 0 fully saturated rings. The van der Waals surface area contributed by atoms with E-state index in [1.165, 1.54) is 11.1 Å². The molecule has 6 heteroatoms. The largest absolute Gasteiger partial charge is 0.493 e. The quantitative estimate of drug-likeness (QED) is 0.384. The van der Waals surface area contributed by atoms with E-state index in [9.17, 15) is 4.79 Å². The first kappa shape index (κ1) is 25.7. The molecule has 3 aromatic rings. The van der Waals surface area contributed by atoms with Crippen molar-refractivity contribution in [2.45, 2.75) is 51.0 Å². The summed E-state index contributed by atoms with van der Waals surface area (Å²) in [6, 6.07) is 20.3. The summed E-state index contributed by atoms with van der Waals surface area (Å²) in [5.41, 5.74) is 7.01. The molecule has 0 aromatic heterocycles. The Bertz CT molecular complexity index is 1360. The van der Waals surface area contributed by atoms with Gasteiger partial charge in [-0.3, -0.25) is 4.79 Å². The van der Waals surface area contributed by atoms with Gasteiger partial charge in [-0.05, 0) is 58.7 Å². The zero-order valence-electron chi connectivity index (χ0n) is 23.0. The van der Waals surface area contributed by atoms with Gasteiger partial charge in [0.2, 0.25) is 5.75 Å². The maximum Gasteiger partial charge on any atom is 0.203 e. The van der Waals surface area contributed by atoms with Gasteiger partial charge < -0.3 is 24.8 Å². The van der Waals surface area contributed by atoms with E-state index in [1.54, 1.807) is 21.3 Å². The van der Waals surface area contributed by atoms with E-state index >= 15 is 0 Å². The molecule has 0 saturated carbocycles. The summed E-state index contributed by atoms with van der Waals surface area (Å²) in [6.07, 6.45) is 1.20. The number of rotatable bonds is 5. The molecule has 2 unspecified atom stereocenters. The second kappa shape index (κ2) is 10.1. The zero-order chi connectivity index (χ0) is 27.0. The monoisotopic (exact) mass is 512 g/mol. The number of carbonyl (C=O) groups excluding carboxylic acids is 1. The molecule has 1 aliphatic heterocycles. The number of fused-ring (bicyclic) bond motifs is 1. The first-order valence-corrected chi connectivity index (χ1v) is 13.0. The van der Waals surface area contributed by atoms with E-state index in [4.69, 9.17) is 14.2 Å². The number of carbonyl (C=O) groups is 1. The zero-order valence-corrected chi connectivity index (χ0v) is 23.0. The number of para-hydroxylation sites is 2. The molecule has 0 spiro atoms. The predicted octanol–water partition coefficient (Wildman–Crippen LogP) is 6.99. The molecule has 0 amide bonds. The van der Waals surface area contributed by atoms with Crippen molar-refractivity contribution in [1.29, 1.82) is 0 Å². The first-order chi connectivity index (χ1) is 18.2. The molecule has 1 heterocycles. The molecule has 198 valence electrons. The standard InChI is InChI=1S/C32H36N2O4/c1-32(2,3)22-13-11-19(12-14-22)20-15-25-29(26(35)16-20)30(34-24-10-8-7-9-23(24)33-25)21-17-27(36-4)31(38-6)28(18-21)37-5/h7-14,17-18,20,30,33-34H,15-16H2,1-6H3. The number of ketones is 1. The molecule has 0 radical (unpaired) electrons. The average molecular weight is 513 g/mol. The van der Waals surface area contributed by atoms with Crippen LogP contribution in [0.4, 0.5) is 11.4 Å². The summed E-state index contributed by atoms with van der Waals surface area (Å²) >= 11 is 0. The number of methoxy groups -OCH3 is 3. The number of ether oxygens (including phenoxy) is 3. The van der Waals surface area contributed by atoms with Gasteiger partial charge in [0, 0.05) is 17.7 Å². The number of Topliss-reactive ketones (excluding diaryl/α,β-unsaturated/α-hetero) is 1. The van der Waals surface area contributed by atoms with Gasteiger partial charge in [0.05, 0.1) is 38.7 Å². The molecule has 2 N–H and O–H groups in total. The van der Waals surface area contributed by atoms with Crippen LogP contribution in [0.3, 0.4) is 0 Å². The van der Waals surface area contributed by atoms with Crippen molar-refractivity contribution in [2.75, 3.05) is 32.0 Å². The Labute approximate surface area is 225 Å². The van der Waals surface area contributed by atoms with Crippen LogP contribution >= 0.6 is 0 Å². The van der Waals surface area contributed by atoms with Crippen LogP contribution < -0.4 is 24.8 Å². The summed E-state index contributed by atoms with van der Waals surface area (Å²) in [7, 11) is 4.79. The van der Waals surface area contributed by atoms with Crippen molar-refractivity contribution in [2.24, 2.45) is 0 Å². The van der Waals surface area contributed by atoms with Crippen molar-refractivity contribution < 1.29 is 19.0 Å². The molecule has 2 atom stereocenters. The molecule has 0 bridgehead atoms. The lowest BCUT2D eigenvalue weighted by Crippen LogP contribution is -2.27. The fourth-order valence-corrected chi connectivity index (χ4v) is 5.50. The Balaban J connectivity index is 1.60. The van der Waals surface area contributed by atoms with Crippen molar-refractivity contribution >= 4 is 17.2 Å². The van der Waals surface area contributed by atoms with E-state index in [2.05, 4.69) is 55.7 Å². The third kappa shape index (κ3) is 4.71. The Morgan fingerprint density at radius 3 is 2.00 bits per heavy atom. The van der Waals surface area contributed by atoms with Gasteiger partial charge in [0.25, 0.3) is 0 Å². The van der Waals surface area contributed by atoms with Crippen LogP contribution in [-0.2, 0) is 10.2 Å². The number of hydrogen-bond donors (Lipinski definition) is 2. The third-order valence-corrected chi connectivity index (χ3v) is 7.58. The van der Waals surface area contributed by atoms with Crippen molar-refractivity contribution in [3.63, 3.8) is 0 Å². The summed E-state index contributed by atoms with van der Waals surface area (Å²) in [4.78, 5) is 13.9. The molecule has 38 heavy (non-hydrogen) atoms. The molecule has 1 aliphatic carbocycles. The lowest BCUT2D eigenvalue weighted by atomic mass is 9.77. The lowest BCUT2D eigenvalue weighted by Gasteiger charge is -2.30. The predicted molar refractivity (Wildman–Crippen MR) is 152 cm³/mol. The Kier molecular flexibility index (Phi) is 6.82. The van der Waals surface area contributed by atoms with E-state index in [-0.39, 0.29) is 23.2 Å². The number of anilines is 2. The van der Waals surface area contributed by atoms with Gasteiger partial charge in [0.15, 0.2) is 17.3 Å². The highest BCUT2D eigenvalue weighted by atomic mass is 16.5. The highest BCUT2D eigenvalue weighted by Gasteiger charge is 2.37. The summed E-state index contributed by atoms with van der Waals surface area (Å²) in [5, 5.41) is 7.25. The van der Waals surface area contributed by atoms with Gasteiger partial charge in [-0.15, -0.1) is 0 Å². The van der Waals surface area contributed by atoms with Gasteiger partial charge in [-0.25, -0.2) is 0 Å². The van der Waals surface area contributed by atoms with Crippen LogP contribution in [0.5, 0.6) is 17.2 Å². The molecule has 0 saturated heterocycles. The maximum absolute atomic E-state index is 13.9. The number of hydrogen-bond acceptors (Lipinski definition) is 6. The van der Waals surface area contributed by atoms with Crippen LogP contribution in [0.15, 0.2) is 71.9 Å². The molecule has 3 aromatic carbocycles. The topological polar surface area (TPSA) is 68.8 Å². The lowest BCUT2D eigenvalue weighted by molar-refractivity contribution is -0.116. The van der Waals surface area contributed by atoms with Crippen LogP contribution in [0, 0.1) is 0 Å². The smallest absolute Gasteiger partial charge is 0.203 e. The van der Waals surface area contributed by atoms with Crippen molar-refractivity contribution in [3.05, 3.63) is 88.6 Å². The van der Waals surface area contributed by atoms with Crippen molar-refractivity contribution in [1.82, 2.24) is 0 Å². The normalized spacial score (nSPS) is 18.9. The van der Waals surface area contributed by atoms with E-state index < -0.39 is 0 Å². The maximum atomic E-state index is 13.9. The Morgan fingerprint density at radius 1 is 0.789 bits per heavy atom. The van der Waals surface area contributed by atoms with Gasteiger partial charge in [-0.2, -0.15) is 0 Å². The third-order valence-electron chi connectivity index (χ3n) is 7.58. The molecule has 5 rings (SSSR count).